The minimum absolute atomic E-state index is 0.00277. The van der Waals surface area contributed by atoms with Crippen LogP contribution in [0, 0.1) is 10.8 Å². The van der Waals surface area contributed by atoms with Crippen molar-refractivity contribution >= 4 is 17.3 Å². The Morgan fingerprint density at radius 1 is 0.955 bits per heavy atom. The molecule has 120 valence electrons. The molecule has 1 heterocycles. The number of benzene rings is 1. The fraction of sp³-hybridized carbons (Fsp3) is 0.500. The van der Waals surface area contributed by atoms with Gasteiger partial charge in [0, 0.05) is 12.5 Å². The van der Waals surface area contributed by atoms with Gasteiger partial charge in [-0.3, -0.25) is 0 Å². The summed E-state index contributed by atoms with van der Waals surface area (Å²) in [7, 11) is 1.82. The van der Waals surface area contributed by atoms with Gasteiger partial charge < -0.3 is 4.74 Å². The van der Waals surface area contributed by atoms with Crippen LogP contribution in [0.5, 0.6) is 0 Å². The lowest BCUT2D eigenvalue weighted by Crippen LogP contribution is -2.41. The first-order valence-electron chi connectivity index (χ1n) is 7.84. The summed E-state index contributed by atoms with van der Waals surface area (Å²) in [6, 6.07) is 10.6. The molecule has 1 nitrogen and oxygen atoms in total. The Hall–Kier alpha value is -0.990. The first-order chi connectivity index (χ1) is 10.1. The average molecular weight is 317 g/mol. The van der Waals surface area contributed by atoms with Gasteiger partial charge in [-0.1, -0.05) is 83.6 Å². The second kappa shape index (κ2) is 5.90. The number of ether oxygens (including phenoxy) is 1. The lowest BCUT2D eigenvalue weighted by molar-refractivity contribution is 0.0236. The van der Waals surface area contributed by atoms with Crippen molar-refractivity contribution in [2.45, 2.75) is 46.5 Å². The molecule has 0 saturated carbocycles. The van der Waals surface area contributed by atoms with Crippen LogP contribution >= 0.6 is 11.8 Å². The van der Waals surface area contributed by atoms with E-state index in [9.17, 15) is 0 Å². The Labute approximate surface area is 139 Å². The van der Waals surface area contributed by atoms with Gasteiger partial charge in [0.1, 0.15) is 4.93 Å². The van der Waals surface area contributed by atoms with Crippen LogP contribution in [0.2, 0.25) is 0 Å². The number of allylic oxidation sites excluding steroid dienone is 3. The molecule has 1 aromatic rings. The standard InChI is InChI=1S/C20H28OS/c1-18(2,3)17-13-16(15-11-9-8-10-12-15)14-20(21-7,22-17)19(4,5)6/h8-14H,1-7H3. The molecule has 1 aliphatic rings. The molecular formula is C20H28OS. The zero-order valence-electron chi connectivity index (χ0n) is 14.9. The van der Waals surface area contributed by atoms with Crippen LogP contribution in [-0.4, -0.2) is 12.0 Å². The number of thioether (sulfide) groups is 1. The molecule has 2 rings (SSSR count). The van der Waals surface area contributed by atoms with Gasteiger partial charge >= 0.3 is 0 Å². The van der Waals surface area contributed by atoms with Crippen molar-refractivity contribution in [1.82, 2.24) is 0 Å². The van der Waals surface area contributed by atoms with Gasteiger partial charge in [-0.15, -0.1) is 0 Å². The normalized spacial score (nSPS) is 23.0. The molecule has 0 aliphatic carbocycles. The first-order valence-corrected chi connectivity index (χ1v) is 8.65. The van der Waals surface area contributed by atoms with Gasteiger partial charge in [0.25, 0.3) is 0 Å². The van der Waals surface area contributed by atoms with E-state index in [1.807, 2.05) is 18.9 Å². The fourth-order valence-corrected chi connectivity index (χ4v) is 3.95. The number of rotatable bonds is 2. The third kappa shape index (κ3) is 3.33. The molecule has 0 fully saturated rings. The molecule has 0 radical (unpaired) electrons. The van der Waals surface area contributed by atoms with Crippen LogP contribution < -0.4 is 0 Å². The summed E-state index contributed by atoms with van der Waals surface area (Å²) in [5.41, 5.74) is 2.60. The molecule has 0 spiro atoms. The Balaban J connectivity index is 2.62. The van der Waals surface area contributed by atoms with E-state index in [0.29, 0.717) is 0 Å². The molecule has 1 unspecified atom stereocenters. The highest BCUT2D eigenvalue weighted by molar-refractivity contribution is 8.04. The second-order valence-electron chi connectivity index (χ2n) is 7.95. The van der Waals surface area contributed by atoms with Gasteiger partial charge in [0.05, 0.1) is 0 Å². The van der Waals surface area contributed by atoms with Crippen molar-refractivity contribution < 1.29 is 4.74 Å². The minimum atomic E-state index is -0.352. The van der Waals surface area contributed by atoms with Crippen molar-refractivity contribution in [2.24, 2.45) is 10.8 Å². The predicted molar refractivity (Wildman–Crippen MR) is 98.7 cm³/mol. The lowest BCUT2D eigenvalue weighted by atomic mass is 9.84. The highest BCUT2D eigenvalue weighted by Gasteiger charge is 2.45. The highest BCUT2D eigenvalue weighted by atomic mass is 32.2. The molecule has 0 aromatic heterocycles. The maximum atomic E-state index is 6.07. The largest absolute Gasteiger partial charge is 0.363 e. The smallest absolute Gasteiger partial charge is 0.141 e. The van der Waals surface area contributed by atoms with E-state index in [4.69, 9.17) is 4.74 Å². The van der Waals surface area contributed by atoms with E-state index < -0.39 is 0 Å². The Morgan fingerprint density at radius 2 is 1.55 bits per heavy atom. The van der Waals surface area contributed by atoms with Crippen molar-refractivity contribution in [3.63, 3.8) is 0 Å². The molecule has 1 aromatic carbocycles. The summed E-state index contributed by atoms with van der Waals surface area (Å²) < 4.78 is 6.07. The fourth-order valence-electron chi connectivity index (χ4n) is 2.55. The van der Waals surface area contributed by atoms with E-state index in [1.54, 1.807) is 0 Å². The Bertz CT molecular complexity index is 584. The van der Waals surface area contributed by atoms with Crippen molar-refractivity contribution in [2.75, 3.05) is 7.11 Å². The molecule has 0 bridgehead atoms. The van der Waals surface area contributed by atoms with E-state index >= 15 is 0 Å². The van der Waals surface area contributed by atoms with Gasteiger partial charge in [0.2, 0.25) is 0 Å². The van der Waals surface area contributed by atoms with Gasteiger partial charge in [-0.25, -0.2) is 0 Å². The molecule has 22 heavy (non-hydrogen) atoms. The highest BCUT2D eigenvalue weighted by Crippen LogP contribution is 2.55. The van der Waals surface area contributed by atoms with E-state index in [2.05, 4.69) is 84.0 Å². The number of methoxy groups -OCH3 is 1. The zero-order chi connectivity index (χ0) is 16.6. The van der Waals surface area contributed by atoms with E-state index in [1.165, 1.54) is 16.0 Å². The van der Waals surface area contributed by atoms with Crippen LogP contribution in [0.4, 0.5) is 0 Å². The monoisotopic (exact) mass is 316 g/mol. The Kier molecular flexibility index (Phi) is 4.66. The maximum Gasteiger partial charge on any atom is 0.141 e. The summed E-state index contributed by atoms with van der Waals surface area (Å²) >= 11 is 1.85. The molecule has 1 aliphatic heterocycles. The van der Waals surface area contributed by atoms with E-state index in [-0.39, 0.29) is 15.8 Å². The Morgan fingerprint density at radius 3 is 2.00 bits per heavy atom. The van der Waals surface area contributed by atoms with Crippen molar-refractivity contribution in [3.05, 3.63) is 53.0 Å². The molecular weight excluding hydrogens is 288 g/mol. The second-order valence-corrected chi connectivity index (χ2v) is 9.20. The quantitative estimate of drug-likeness (QED) is 0.648. The van der Waals surface area contributed by atoms with Crippen molar-refractivity contribution in [3.8, 4) is 0 Å². The van der Waals surface area contributed by atoms with Crippen LogP contribution in [0.25, 0.3) is 5.57 Å². The third-order valence-corrected chi connectivity index (χ3v) is 6.24. The van der Waals surface area contributed by atoms with Crippen molar-refractivity contribution in [1.29, 1.82) is 0 Å². The average Bonchev–Trinajstić information content (AvgIpc) is 2.45. The van der Waals surface area contributed by atoms with Crippen LogP contribution in [0.15, 0.2) is 47.4 Å². The maximum absolute atomic E-state index is 6.07. The van der Waals surface area contributed by atoms with Crippen LogP contribution in [0.1, 0.15) is 47.1 Å². The zero-order valence-corrected chi connectivity index (χ0v) is 15.7. The summed E-state index contributed by atoms with van der Waals surface area (Å²) in [5.74, 6) is 0. The van der Waals surface area contributed by atoms with E-state index in [0.717, 1.165) is 0 Å². The first kappa shape index (κ1) is 17.4. The summed E-state index contributed by atoms with van der Waals surface area (Å²) in [5, 5.41) is 0. The molecule has 1 atom stereocenters. The van der Waals surface area contributed by atoms with Gasteiger partial charge in [0.15, 0.2) is 0 Å². The third-order valence-electron chi connectivity index (χ3n) is 4.09. The summed E-state index contributed by atoms with van der Waals surface area (Å²) in [6.45, 7) is 13.5. The summed E-state index contributed by atoms with van der Waals surface area (Å²) in [4.78, 5) is 1.01. The predicted octanol–water partition coefficient (Wildman–Crippen LogP) is 6.14. The molecule has 0 amide bonds. The van der Waals surface area contributed by atoms with Crippen LogP contribution in [-0.2, 0) is 4.74 Å². The summed E-state index contributed by atoms with van der Waals surface area (Å²) in [6.07, 6.45) is 4.62. The molecule has 0 saturated heterocycles. The van der Waals surface area contributed by atoms with Gasteiger partial charge in [-0.2, -0.15) is 0 Å². The number of hydrogen-bond donors (Lipinski definition) is 0. The topological polar surface area (TPSA) is 9.23 Å². The SMILES string of the molecule is COC1(C(C)(C)C)C=C(c2ccccc2)C=C(C(C)(C)C)S1. The van der Waals surface area contributed by atoms with Crippen LogP contribution in [0.3, 0.4) is 0 Å². The number of hydrogen-bond acceptors (Lipinski definition) is 2. The lowest BCUT2D eigenvalue weighted by Gasteiger charge is -2.45. The molecule has 2 heteroatoms. The molecule has 0 N–H and O–H groups in total. The van der Waals surface area contributed by atoms with Gasteiger partial charge in [-0.05, 0) is 33.6 Å². The minimum Gasteiger partial charge on any atom is -0.363 e.